The van der Waals surface area contributed by atoms with E-state index in [9.17, 15) is 0 Å². The molecule has 2 aromatic rings. The monoisotopic (exact) mass is 386 g/mol. The standard InChI is InChI=1S/C20H30N6O2/c21-20-18-5-4-17(26(18)23-14-22-20)19-6-3-16(28-19)12-25-9-10-27-13-15(25)11-24-7-1-2-8-24/h4-5,14-16,19H,1-3,6-13H2,(H2,21,22,23)/t15-,16+,19-/m1/s1. The van der Waals surface area contributed by atoms with Crippen LogP contribution in [-0.4, -0.2) is 82.5 Å². The summed E-state index contributed by atoms with van der Waals surface area (Å²) in [7, 11) is 0. The first kappa shape index (κ1) is 18.3. The van der Waals surface area contributed by atoms with Crippen LogP contribution in [0.5, 0.6) is 0 Å². The molecule has 3 atom stereocenters. The van der Waals surface area contributed by atoms with E-state index >= 15 is 0 Å². The van der Waals surface area contributed by atoms with Gasteiger partial charge in [-0.15, -0.1) is 0 Å². The van der Waals surface area contributed by atoms with E-state index in [0.29, 0.717) is 11.9 Å². The van der Waals surface area contributed by atoms with Crippen molar-refractivity contribution in [2.75, 3.05) is 51.7 Å². The maximum Gasteiger partial charge on any atom is 0.151 e. The molecule has 5 heterocycles. The van der Waals surface area contributed by atoms with Crippen molar-refractivity contribution in [3.05, 3.63) is 24.2 Å². The molecule has 0 spiro atoms. The summed E-state index contributed by atoms with van der Waals surface area (Å²) < 4.78 is 14.1. The normalized spacial score (nSPS) is 29.8. The molecule has 8 heteroatoms. The van der Waals surface area contributed by atoms with Crippen LogP contribution in [0.2, 0.25) is 0 Å². The largest absolute Gasteiger partial charge is 0.382 e. The second-order valence-electron chi connectivity index (χ2n) is 8.26. The smallest absolute Gasteiger partial charge is 0.151 e. The van der Waals surface area contributed by atoms with Crippen molar-refractivity contribution in [1.29, 1.82) is 0 Å². The summed E-state index contributed by atoms with van der Waals surface area (Å²) in [6, 6.07) is 4.53. The number of likely N-dealkylation sites (tertiary alicyclic amines) is 1. The summed E-state index contributed by atoms with van der Waals surface area (Å²) in [6.45, 7) is 7.24. The third kappa shape index (κ3) is 3.61. The van der Waals surface area contributed by atoms with Crippen LogP contribution in [0, 0.1) is 0 Å². The summed E-state index contributed by atoms with van der Waals surface area (Å²) in [6.07, 6.45) is 6.60. The second kappa shape index (κ2) is 7.94. The van der Waals surface area contributed by atoms with Gasteiger partial charge in [0.15, 0.2) is 5.82 Å². The molecule has 152 valence electrons. The van der Waals surface area contributed by atoms with Crippen LogP contribution in [0.15, 0.2) is 18.5 Å². The van der Waals surface area contributed by atoms with Crippen molar-refractivity contribution >= 4 is 11.3 Å². The molecule has 0 unspecified atom stereocenters. The lowest BCUT2D eigenvalue weighted by Gasteiger charge is -2.38. The van der Waals surface area contributed by atoms with Crippen LogP contribution in [-0.2, 0) is 9.47 Å². The first-order chi connectivity index (χ1) is 13.8. The number of nitrogens with zero attached hydrogens (tertiary/aromatic N) is 5. The average Bonchev–Trinajstić information content (AvgIpc) is 3.44. The molecule has 3 aliphatic heterocycles. The SMILES string of the molecule is Nc1ncnn2c([C@H]3CC[C@@H](CN4CCOC[C@H]4CN4CCCC4)O3)ccc12. The number of aromatic nitrogens is 3. The molecule has 3 fully saturated rings. The van der Waals surface area contributed by atoms with Gasteiger partial charge < -0.3 is 20.1 Å². The molecule has 3 saturated heterocycles. The van der Waals surface area contributed by atoms with Crippen molar-refractivity contribution < 1.29 is 9.47 Å². The van der Waals surface area contributed by atoms with Crippen LogP contribution < -0.4 is 5.73 Å². The third-order valence-corrected chi connectivity index (χ3v) is 6.40. The van der Waals surface area contributed by atoms with Gasteiger partial charge >= 0.3 is 0 Å². The van der Waals surface area contributed by atoms with E-state index in [2.05, 4.69) is 25.9 Å². The van der Waals surface area contributed by atoms with E-state index in [1.807, 2.05) is 10.6 Å². The van der Waals surface area contributed by atoms with Gasteiger partial charge in [0.1, 0.15) is 17.9 Å². The zero-order chi connectivity index (χ0) is 18.9. The fraction of sp³-hybridized carbons (Fsp3) is 0.700. The van der Waals surface area contributed by atoms with Crippen LogP contribution >= 0.6 is 0 Å². The zero-order valence-electron chi connectivity index (χ0n) is 16.4. The van der Waals surface area contributed by atoms with E-state index in [-0.39, 0.29) is 12.2 Å². The zero-order valence-corrected chi connectivity index (χ0v) is 16.4. The van der Waals surface area contributed by atoms with Crippen LogP contribution in [0.3, 0.4) is 0 Å². The van der Waals surface area contributed by atoms with Gasteiger partial charge in [0, 0.05) is 25.7 Å². The minimum Gasteiger partial charge on any atom is -0.382 e. The number of fused-ring (bicyclic) bond motifs is 1. The molecule has 0 aromatic carbocycles. The number of rotatable bonds is 5. The molecule has 3 aliphatic rings. The fourth-order valence-electron chi connectivity index (χ4n) is 4.90. The highest BCUT2D eigenvalue weighted by Crippen LogP contribution is 2.34. The van der Waals surface area contributed by atoms with Crippen LogP contribution in [0.4, 0.5) is 5.82 Å². The first-order valence-corrected chi connectivity index (χ1v) is 10.6. The van der Waals surface area contributed by atoms with Crippen molar-refractivity contribution in [1.82, 2.24) is 24.4 Å². The topological polar surface area (TPSA) is 81.1 Å². The fourth-order valence-corrected chi connectivity index (χ4v) is 4.90. The Morgan fingerprint density at radius 1 is 1.11 bits per heavy atom. The van der Waals surface area contributed by atoms with E-state index in [1.165, 1.54) is 32.3 Å². The molecule has 5 rings (SSSR count). The van der Waals surface area contributed by atoms with Crippen molar-refractivity contribution in [2.45, 2.75) is 43.9 Å². The van der Waals surface area contributed by atoms with Gasteiger partial charge in [-0.05, 0) is 50.9 Å². The predicted molar refractivity (Wildman–Crippen MR) is 106 cm³/mol. The number of morpholine rings is 1. The van der Waals surface area contributed by atoms with Gasteiger partial charge in [0.2, 0.25) is 0 Å². The van der Waals surface area contributed by atoms with Gasteiger partial charge in [-0.2, -0.15) is 5.10 Å². The number of ether oxygens (including phenoxy) is 2. The van der Waals surface area contributed by atoms with E-state index in [1.54, 1.807) is 0 Å². The molecular formula is C20H30N6O2. The minimum absolute atomic E-state index is 0.0693. The predicted octanol–water partition coefficient (Wildman–Crippen LogP) is 1.33. The quantitative estimate of drug-likeness (QED) is 0.830. The van der Waals surface area contributed by atoms with Crippen molar-refractivity contribution in [2.24, 2.45) is 0 Å². The minimum atomic E-state index is 0.0693. The molecule has 2 aromatic heterocycles. The summed E-state index contributed by atoms with van der Waals surface area (Å²) in [4.78, 5) is 9.25. The summed E-state index contributed by atoms with van der Waals surface area (Å²) in [5, 5.41) is 4.37. The number of nitrogens with two attached hydrogens (primary N) is 1. The van der Waals surface area contributed by atoms with Gasteiger partial charge in [-0.1, -0.05) is 0 Å². The van der Waals surface area contributed by atoms with Gasteiger partial charge in [0.25, 0.3) is 0 Å². The third-order valence-electron chi connectivity index (χ3n) is 6.40. The summed E-state index contributed by atoms with van der Waals surface area (Å²) >= 11 is 0. The molecule has 0 bridgehead atoms. The van der Waals surface area contributed by atoms with Crippen molar-refractivity contribution in [3.8, 4) is 0 Å². The Morgan fingerprint density at radius 3 is 2.89 bits per heavy atom. The Bertz CT molecular complexity index is 805. The molecule has 0 radical (unpaired) electrons. The summed E-state index contributed by atoms with van der Waals surface area (Å²) in [5.41, 5.74) is 7.89. The Hall–Kier alpha value is -1.74. The van der Waals surface area contributed by atoms with E-state index in [4.69, 9.17) is 15.2 Å². The molecule has 0 aliphatic carbocycles. The second-order valence-corrected chi connectivity index (χ2v) is 8.26. The highest BCUT2D eigenvalue weighted by atomic mass is 16.5. The number of hydrogen-bond donors (Lipinski definition) is 1. The first-order valence-electron chi connectivity index (χ1n) is 10.6. The highest BCUT2D eigenvalue weighted by molar-refractivity contribution is 5.65. The Kier molecular flexibility index (Phi) is 5.19. The highest BCUT2D eigenvalue weighted by Gasteiger charge is 2.33. The number of anilines is 1. The number of nitrogen functional groups attached to an aromatic ring is 1. The van der Waals surface area contributed by atoms with E-state index in [0.717, 1.165) is 56.9 Å². The Balaban J connectivity index is 1.23. The Morgan fingerprint density at radius 2 is 2.00 bits per heavy atom. The molecule has 0 saturated carbocycles. The van der Waals surface area contributed by atoms with Crippen LogP contribution in [0.1, 0.15) is 37.5 Å². The maximum absolute atomic E-state index is 6.46. The summed E-state index contributed by atoms with van der Waals surface area (Å²) in [5.74, 6) is 0.508. The number of hydrogen-bond acceptors (Lipinski definition) is 7. The van der Waals surface area contributed by atoms with E-state index < -0.39 is 0 Å². The molecule has 8 nitrogen and oxygen atoms in total. The molecule has 28 heavy (non-hydrogen) atoms. The van der Waals surface area contributed by atoms with Gasteiger partial charge in [0.05, 0.1) is 25.0 Å². The molecule has 0 amide bonds. The molecule has 2 N–H and O–H groups in total. The lowest BCUT2D eigenvalue weighted by atomic mass is 10.1. The lowest BCUT2D eigenvalue weighted by Crippen LogP contribution is -2.52. The maximum atomic E-state index is 6.46. The molecular weight excluding hydrogens is 356 g/mol. The average molecular weight is 387 g/mol. The lowest BCUT2D eigenvalue weighted by molar-refractivity contribution is -0.0486. The Labute approximate surface area is 165 Å². The van der Waals surface area contributed by atoms with Crippen molar-refractivity contribution in [3.63, 3.8) is 0 Å². The van der Waals surface area contributed by atoms with Crippen LogP contribution in [0.25, 0.3) is 5.52 Å². The van der Waals surface area contributed by atoms with Gasteiger partial charge in [-0.25, -0.2) is 9.50 Å². The van der Waals surface area contributed by atoms with Gasteiger partial charge in [-0.3, -0.25) is 4.90 Å².